The summed E-state index contributed by atoms with van der Waals surface area (Å²) in [6, 6.07) is 2.04. The molecule has 0 atom stereocenters. The van der Waals surface area contributed by atoms with Crippen molar-refractivity contribution < 1.29 is 18.3 Å². The molecular formula is C11H11BrF3NO. The maximum absolute atomic E-state index is 12.8. The molecule has 17 heavy (non-hydrogen) atoms. The standard InChI is InChI=1S/C11H11BrF3NO/c12-8-3-6(5-10(16)1-2-10)7(4-9(8)17)11(13,14)15/h3-4,17H,1-2,5,16H2. The first-order valence-corrected chi connectivity index (χ1v) is 5.88. The van der Waals surface area contributed by atoms with E-state index in [1.54, 1.807) is 0 Å². The van der Waals surface area contributed by atoms with E-state index in [4.69, 9.17) is 5.73 Å². The number of phenols is 1. The minimum atomic E-state index is -4.47. The van der Waals surface area contributed by atoms with Crippen LogP contribution in [0, 0.1) is 0 Å². The summed E-state index contributed by atoms with van der Waals surface area (Å²) in [6.07, 6.45) is -2.81. The Bertz CT molecular complexity index is 455. The summed E-state index contributed by atoms with van der Waals surface area (Å²) in [4.78, 5) is 0. The number of phenolic OH excluding ortho intramolecular Hbond substituents is 1. The highest BCUT2D eigenvalue weighted by atomic mass is 79.9. The number of benzene rings is 1. The third-order valence-corrected chi connectivity index (χ3v) is 3.55. The lowest BCUT2D eigenvalue weighted by atomic mass is 9.98. The van der Waals surface area contributed by atoms with Gasteiger partial charge in [-0.3, -0.25) is 0 Å². The number of halogens is 4. The number of hydrogen-bond acceptors (Lipinski definition) is 2. The normalized spacial score (nSPS) is 18.2. The van der Waals surface area contributed by atoms with Crippen LogP contribution in [0.15, 0.2) is 16.6 Å². The Kier molecular flexibility index (Phi) is 2.90. The van der Waals surface area contributed by atoms with Gasteiger partial charge in [-0.2, -0.15) is 13.2 Å². The third kappa shape index (κ3) is 2.74. The van der Waals surface area contributed by atoms with Crippen LogP contribution in [-0.4, -0.2) is 10.6 Å². The van der Waals surface area contributed by atoms with Crippen LogP contribution < -0.4 is 5.73 Å². The number of rotatable bonds is 2. The fraction of sp³-hybridized carbons (Fsp3) is 0.455. The van der Waals surface area contributed by atoms with Crippen molar-refractivity contribution in [1.29, 1.82) is 0 Å². The van der Waals surface area contributed by atoms with Crippen molar-refractivity contribution in [3.63, 3.8) is 0 Å². The van der Waals surface area contributed by atoms with Crippen LogP contribution in [0.4, 0.5) is 13.2 Å². The van der Waals surface area contributed by atoms with Crippen LogP contribution in [-0.2, 0) is 12.6 Å². The van der Waals surface area contributed by atoms with E-state index in [0.717, 1.165) is 18.9 Å². The third-order valence-electron chi connectivity index (χ3n) is 2.91. The van der Waals surface area contributed by atoms with Crippen molar-refractivity contribution in [1.82, 2.24) is 0 Å². The monoisotopic (exact) mass is 309 g/mol. The Hall–Kier alpha value is -0.750. The predicted octanol–water partition coefficient (Wildman–Crippen LogP) is 3.21. The van der Waals surface area contributed by atoms with E-state index in [1.807, 2.05) is 0 Å². The topological polar surface area (TPSA) is 46.2 Å². The van der Waals surface area contributed by atoms with Crippen LogP contribution >= 0.6 is 15.9 Å². The second kappa shape index (κ2) is 3.88. The minimum Gasteiger partial charge on any atom is -0.507 e. The van der Waals surface area contributed by atoms with E-state index < -0.39 is 23.0 Å². The second-order valence-electron chi connectivity index (χ2n) is 4.50. The summed E-state index contributed by atoms with van der Waals surface area (Å²) < 4.78 is 38.6. The molecule has 1 aromatic carbocycles. The summed E-state index contributed by atoms with van der Waals surface area (Å²) in [6.45, 7) is 0. The summed E-state index contributed by atoms with van der Waals surface area (Å²) >= 11 is 3.02. The lowest BCUT2D eigenvalue weighted by molar-refractivity contribution is -0.138. The van der Waals surface area contributed by atoms with Crippen molar-refractivity contribution in [2.45, 2.75) is 31.0 Å². The Balaban J connectivity index is 2.44. The molecular weight excluding hydrogens is 299 g/mol. The van der Waals surface area contributed by atoms with Gasteiger partial charge in [-0.05, 0) is 52.9 Å². The molecule has 0 unspecified atom stereocenters. The summed E-state index contributed by atoms with van der Waals surface area (Å²) in [5, 5.41) is 9.32. The van der Waals surface area contributed by atoms with Crippen molar-refractivity contribution >= 4 is 15.9 Å². The van der Waals surface area contributed by atoms with Crippen LogP contribution in [0.2, 0.25) is 0 Å². The van der Waals surface area contributed by atoms with Gasteiger partial charge in [-0.1, -0.05) is 0 Å². The zero-order chi connectivity index (χ0) is 12.8. The molecule has 0 spiro atoms. The van der Waals surface area contributed by atoms with Crippen LogP contribution in [0.5, 0.6) is 5.75 Å². The van der Waals surface area contributed by atoms with E-state index in [2.05, 4.69) is 15.9 Å². The molecule has 94 valence electrons. The zero-order valence-corrected chi connectivity index (χ0v) is 10.4. The molecule has 0 bridgehead atoms. The molecule has 1 aromatic rings. The minimum absolute atomic E-state index is 0.127. The lowest BCUT2D eigenvalue weighted by Gasteiger charge is -2.16. The molecule has 0 aliphatic heterocycles. The number of hydrogen-bond donors (Lipinski definition) is 2. The van der Waals surface area contributed by atoms with Gasteiger partial charge in [0, 0.05) is 5.54 Å². The van der Waals surface area contributed by atoms with Gasteiger partial charge in [0.05, 0.1) is 10.0 Å². The average Bonchev–Trinajstić information content (AvgIpc) is 2.88. The summed E-state index contributed by atoms with van der Waals surface area (Å²) in [5.74, 6) is -0.414. The molecule has 3 N–H and O–H groups in total. The predicted molar refractivity (Wildman–Crippen MR) is 60.7 cm³/mol. The molecule has 0 saturated heterocycles. The first-order chi connectivity index (χ1) is 7.71. The van der Waals surface area contributed by atoms with Crippen LogP contribution in [0.1, 0.15) is 24.0 Å². The lowest BCUT2D eigenvalue weighted by Crippen LogP contribution is -2.26. The Morgan fingerprint density at radius 1 is 1.35 bits per heavy atom. The summed E-state index contributed by atoms with van der Waals surface area (Å²) in [7, 11) is 0. The van der Waals surface area contributed by atoms with E-state index in [9.17, 15) is 18.3 Å². The maximum Gasteiger partial charge on any atom is 0.416 e. The number of nitrogens with two attached hydrogens (primary N) is 1. The molecule has 0 radical (unpaired) electrons. The van der Waals surface area contributed by atoms with Gasteiger partial charge in [-0.15, -0.1) is 0 Å². The molecule has 1 saturated carbocycles. The van der Waals surface area contributed by atoms with E-state index >= 15 is 0 Å². The quantitative estimate of drug-likeness (QED) is 0.881. The fourth-order valence-corrected chi connectivity index (χ4v) is 2.12. The highest BCUT2D eigenvalue weighted by Gasteiger charge is 2.42. The summed E-state index contributed by atoms with van der Waals surface area (Å²) in [5.41, 5.74) is 4.65. The highest BCUT2D eigenvalue weighted by molar-refractivity contribution is 9.10. The molecule has 2 nitrogen and oxygen atoms in total. The molecule has 0 aromatic heterocycles. The van der Waals surface area contributed by atoms with Gasteiger partial charge >= 0.3 is 6.18 Å². The Morgan fingerprint density at radius 2 is 1.94 bits per heavy atom. The van der Waals surface area contributed by atoms with E-state index in [1.165, 1.54) is 6.07 Å². The molecule has 2 rings (SSSR count). The fourth-order valence-electron chi connectivity index (χ4n) is 1.73. The molecule has 6 heteroatoms. The average molecular weight is 310 g/mol. The van der Waals surface area contributed by atoms with Gasteiger partial charge in [0.25, 0.3) is 0 Å². The number of aromatic hydroxyl groups is 1. The molecule has 1 aliphatic carbocycles. The SMILES string of the molecule is NC1(Cc2cc(Br)c(O)cc2C(F)(F)F)CC1. The van der Waals surface area contributed by atoms with Crippen molar-refractivity contribution in [2.24, 2.45) is 5.73 Å². The largest absolute Gasteiger partial charge is 0.507 e. The molecule has 1 aliphatic rings. The van der Waals surface area contributed by atoms with Crippen molar-refractivity contribution in [2.75, 3.05) is 0 Å². The van der Waals surface area contributed by atoms with Gasteiger partial charge in [0.2, 0.25) is 0 Å². The van der Waals surface area contributed by atoms with Gasteiger partial charge in [0.1, 0.15) is 5.75 Å². The first kappa shape index (κ1) is 12.7. The van der Waals surface area contributed by atoms with E-state index in [0.29, 0.717) is 0 Å². The highest BCUT2D eigenvalue weighted by Crippen LogP contribution is 2.42. The first-order valence-electron chi connectivity index (χ1n) is 5.09. The second-order valence-corrected chi connectivity index (χ2v) is 5.35. The zero-order valence-electron chi connectivity index (χ0n) is 8.81. The molecule has 1 fully saturated rings. The molecule has 0 heterocycles. The van der Waals surface area contributed by atoms with Gasteiger partial charge in [0.15, 0.2) is 0 Å². The Labute approximate surface area is 105 Å². The Morgan fingerprint density at radius 3 is 2.41 bits per heavy atom. The smallest absolute Gasteiger partial charge is 0.416 e. The van der Waals surface area contributed by atoms with Crippen molar-refractivity contribution in [3.8, 4) is 5.75 Å². The molecule has 0 amide bonds. The van der Waals surface area contributed by atoms with Gasteiger partial charge in [-0.25, -0.2) is 0 Å². The number of alkyl halides is 3. The van der Waals surface area contributed by atoms with Crippen molar-refractivity contribution in [3.05, 3.63) is 27.7 Å². The maximum atomic E-state index is 12.8. The van der Waals surface area contributed by atoms with Crippen LogP contribution in [0.3, 0.4) is 0 Å². The van der Waals surface area contributed by atoms with Crippen LogP contribution in [0.25, 0.3) is 0 Å². The van der Waals surface area contributed by atoms with E-state index in [-0.39, 0.29) is 16.5 Å². The van der Waals surface area contributed by atoms with Gasteiger partial charge < -0.3 is 10.8 Å².